The van der Waals surface area contributed by atoms with Crippen molar-refractivity contribution < 1.29 is 13.9 Å². The van der Waals surface area contributed by atoms with Crippen molar-refractivity contribution in [2.24, 2.45) is 11.8 Å². The van der Waals surface area contributed by atoms with Crippen LogP contribution in [-0.2, 0) is 6.54 Å². The fourth-order valence-corrected chi connectivity index (χ4v) is 4.77. The third-order valence-corrected chi connectivity index (χ3v) is 7.18. The summed E-state index contributed by atoms with van der Waals surface area (Å²) in [5.74, 6) is 1.84. The number of methoxy groups -OCH3 is 1. The van der Waals surface area contributed by atoms with Crippen molar-refractivity contribution in [3.63, 3.8) is 0 Å². The third kappa shape index (κ3) is 5.38. The number of hydrogen-bond donors (Lipinski definition) is 0. The van der Waals surface area contributed by atoms with E-state index >= 15 is 0 Å². The van der Waals surface area contributed by atoms with E-state index in [0.29, 0.717) is 35.6 Å². The Bertz CT molecular complexity index is 1250. The summed E-state index contributed by atoms with van der Waals surface area (Å²) >= 11 is 0. The summed E-state index contributed by atoms with van der Waals surface area (Å²) in [6.07, 6.45) is 2.80. The second kappa shape index (κ2) is 10.3. The SMILES string of the molecule is COc1ccc(CN2CCN(c3cnn(-c4cc(C)cc(F)c4)c(=O)c3OCC3CC3C)CC2)cc1. The van der Waals surface area contributed by atoms with E-state index < -0.39 is 5.82 Å². The van der Waals surface area contributed by atoms with Crippen LogP contribution < -0.4 is 19.9 Å². The lowest BCUT2D eigenvalue weighted by molar-refractivity contribution is 0.246. The lowest BCUT2D eigenvalue weighted by atomic mass is 10.2. The molecule has 8 heteroatoms. The summed E-state index contributed by atoms with van der Waals surface area (Å²) in [6, 6.07) is 12.7. The average molecular weight is 493 g/mol. The predicted molar refractivity (Wildman–Crippen MR) is 138 cm³/mol. The predicted octanol–water partition coefficient (Wildman–Crippen LogP) is 4.05. The highest BCUT2D eigenvalue weighted by molar-refractivity contribution is 5.57. The van der Waals surface area contributed by atoms with Crippen LogP contribution in [0, 0.1) is 24.6 Å². The fourth-order valence-electron chi connectivity index (χ4n) is 4.77. The third-order valence-electron chi connectivity index (χ3n) is 7.18. The van der Waals surface area contributed by atoms with Gasteiger partial charge < -0.3 is 14.4 Å². The van der Waals surface area contributed by atoms with Gasteiger partial charge in [0.15, 0.2) is 0 Å². The Morgan fingerprint density at radius 2 is 1.81 bits per heavy atom. The summed E-state index contributed by atoms with van der Waals surface area (Å²) < 4.78 is 26.7. The van der Waals surface area contributed by atoms with Gasteiger partial charge in [0, 0.05) is 32.7 Å². The quantitative estimate of drug-likeness (QED) is 0.473. The Morgan fingerprint density at radius 3 is 2.44 bits per heavy atom. The van der Waals surface area contributed by atoms with E-state index in [2.05, 4.69) is 34.0 Å². The van der Waals surface area contributed by atoms with Crippen LogP contribution in [0.15, 0.2) is 53.5 Å². The highest BCUT2D eigenvalue weighted by Crippen LogP contribution is 2.38. The first-order valence-corrected chi connectivity index (χ1v) is 12.5. The van der Waals surface area contributed by atoms with Crippen molar-refractivity contribution in [2.45, 2.75) is 26.8 Å². The monoisotopic (exact) mass is 492 g/mol. The molecule has 190 valence electrons. The molecule has 1 aromatic heterocycles. The Hall–Kier alpha value is -3.39. The molecule has 2 aliphatic rings. The van der Waals surface area contributed by atoms with Gasteiger partial charge in [-0.2, -0.15) is 9.78 Å². The zero-order valence-electron chi connectivity index (χ0n) is 21.1. The molecule has 0 spiro atoms. The van der Waals surface area contributed by atoms with Crippen molar-refractivity contribution in [2.75, 3.05) is 44.8 Å². The summed E-state index contributed by atoms with van der Waals surface area (Å²) in [4.78, 5) is 18.1. The van der Waals surface area contributed by atoms with E-state index in [1.165, 1.54) is 22.4 Å². The second-order valence-electron chi connectivity index (χ2n) is 9.96. The summed E-state index contributed by atoms with van der Waals surface area (Å²) in [7, 11) is 1.67. The number of piperazine rings is 1. The molecule has 2 heterocycles. The van der Waals surface area contributed by atoms with Crippen molar-refractivity contribution in [1.82, 2.24) is 14.7 Å². The zero-order chi connectivity index (χ0) is 25.2. The van der Waals surface area contributed by atoms with Crippen molar-refractivity contribution in [3.05, 3.63) is 76.0 Å². The molecule has 1 aliphatic carbocycles. The molecule has 2 fully saturated rings. The Kier molecular flexibility index (Phi) is 6.96. The highest BCUT2D eigenvalue weighted by Gasteiger charge is 2.34. The molecule has 2 atom stereocenters. The highest BCUT2D eigenvalue weighted by atomic mass is 19.1. The van der Waals surface area contributed by atoms with Gasteiger partial charge >= 0.3 is 5.56 Å². The molecule has 1 saturated carbocycles. The molecule has 2 unspecified atom stereocenters. The molecular weight excluding hydrogens is 459 g/mol. The van der Waals surface area contributed by atoms with E-state index in [1.807, 2.05) is 12.1 Å². The van der Waals surface area contributed by atoms with Gasteiger partial charge in [-0.25, -0.2) is 4.39 Å². The smallest absolute Gasteiger partial charge is 0.316 e. The van der Waals surface area contributed by atoms with Crippen molar-refractivity contribution in [1.29, 1.82) is 0 Å². The maximum absolute atomic E-state index is 14.1. The van der Waals surface area contributed by atoms with E-state index in [0.717, 1.165) is 50.5 Å². The minimum atomic E-state index is -0.398. The van der Waals surface area contributed by atoms with Crippen LogP contribution in [0.5, 0.6) is 11.5 Å². The summed E-state index contributed by atoms with van der Waals surface area (Å²) in [6.45, 7) is 8.59. The van der Waals surface area contributed by atoms with Crippen LogP contribution in [0.3, 0.4) is 0 Å². The first kappa shape index (κ1) is 24.3. The maximum Gasteiger partial charge on any atom is 0.316 e. The number of anilines is 1. The van der Waals surface area contributed by atoms with Crippen LogP contribution in [0.1, 0.15) is 24.5 Å². The van der Waals surface area contributed by atoms with Gasteiger partial charge in [0.25, 0.3) is 0 Å². The molecule has 1 aliphatic heterocycles. The van der Waals surface area contributed by atoms with E-state index in [1.54, 1.807) is 26.3 Å². The largest absolute Gasteiger partial charge is 0.497 e. The molecule has 5 rings (SSSR count). The van der Waals surface area contributed by atoms with Crippen molar-refractivity contribution in [3.8, 4) is 17.2 Å². The lowest BCUT2D eigenvalue weighted by Crippen LogP contribution is -2.46. The van der Waals surface area contributed by atoms with Gasteiger partial charge in [-0.3, -0.25) is 9.69 Å². The minimum Gasteiger partial charge on any atom is -0.497 e. The van der Waals surface area contributed by atoms with Crippen LogP contribution in [0.25, 0.3) is 5.69 Å². The van der Waals surface area contributed by atoms with Gasteiger partial charge in [0.2, 0.25) is 5.75 Å². The number of benzene rings is 2. The van der Waals surface area contributed by atoms with Crippen LogP contribution in [-0.4, -0.2) is 54.6 Å². The fraction of sp³-hybridized carbons (Fsp3) is 0.429. The first-order valence-electron chi connectivity index (χ1n) is 12.5. The van der Waals surface area contributed by atoms with E-state index in [9.17, 15) is 9.18 Å². The van der Waals surface area contributed by atoms with Crippen LogP contribution in [0.4, 0.5) is 10.1 Å². The molecule has 0 radical (unpaired) electrons. The molecule has 1 saturated heterocycles. The number of nitrogens with zero attached hydrogens (tertiary/aromatic N) is 4. The lowest BCUT2D eigenvalue weighted by Gasteiger charge is -2.36. The Morgan fingerprint density at radius 1 is 1.08 bits per heavy atom. The standard InChI is InChI=1S/C28H33FN4O3/c1-19-12-23(29)15-24(13-19)33-28(34)27(36-18-22-14-20(22)2)26(16-30-33)32-10-8-31(9-11-32)17-21-4-6-25(35-3)7-5-21/h4-7,12-13,15-16,20,22H,8-11,14,17-18H2,1-3H3. The van der Waals surface area contributed by atoms with Crippen LogP contribution in [0.2, 0.25) is 0 Å². The molecule has 7 nitrogen and oxygen atoms in total. The molecule has 0 bridgehead atoms. The number of aromatic nitrogens is 2. The first-order chi connectivity index (χ1) is 17.4. The topological polar surface area (TPSA) is 59.8 Å². The van der Waals surface area contributed by atoms with Gasteiger partial charge in [-0.05, 0) is 66.6 Å². The Balaban J connectivity index is 1.35. The van der Waals surface area contributed by atoms with Crippen molar-refractivity contribution >= 4 is 5.69 Å². The minimum absolute atomic E-state index is 0.301. The Labute approximate surface area is 211 Å². The van der Waals surface area contributed by atoms with E-state index in [-0.39, 0.29) is 5.56 Å². The molecule has 0 N–H and O–H groups in total. The van der Waals surface area contributed by atoms with Gasteiger partial charge in [0.1, 0.15) is 17.3 Å². The average Bonchev–Trinajstić information content (AvgIpc) is 3.58. The molecule has 2 aromatic carbocycles. The van der Waals surface area contributed by atoms with Gasteiger partial charge in [0.05, 0.1) is 25.6 Å². The van der Waals surface area contributed by atoms with Gasteiger partial charge in [-0.1, -0.05) is 19.1 Å². The number of hydrogen-bond acceptors (Lipinski definition) is 6. The normalized spacial score (nSPS) is 19.8. The molecule has 36 heavy (non-hydrogen) atoms. The maximum atomic E-state index is 14.1. The summed E-state index contributed by atoms with van der Waals surface area (Å²) in [5, 5.41) is 4.42. The second-order valence-corrected chi connectivity index (χ2v) is 9.96. The van der Waals surface area contributed by atoms with Crippen LogP contribution >= 0.6 is 0 Å². The number of rotatable bonds is 8. The molecular formula is C28H33FN4O3. The number of ether oxygens (including phenoxy) is 2. The number of halogens is 1. The molecule has 0 amide bonds. The van der Waals surface area contributed by atoms with Gasteiger partial charge in [-0.15, -0.1) is 0 Å². The van der Waals surface area contributed by atoms with E-state index in [4.69, 9.17) is 9.47 Å². The summed E-state index contributed by atoms with van der Waals surface area (Å²) in [5.41, 5.74) is 2.72. The zero-order valence-corrected chi connectivity index (χ0v) is 21.1. The molecule has 3 aromatic rings. The number of aryl methyl sites for hydroxylation is 1.